The van der Waals surface area contributed by atoms with E-state index >= 15 is 0 Å². The van der Waals surface area contributed by atoms with Crippen LogP contribution in [0.5, 0.6) is 75.0 Å². The Morgan fingerprint density at radius 2 is 0.726 bits per heavy atom. The summed E-state index contributed by atoms with van der Waals surface area (Å²) in [6, 6.07) is 41.0. The van der Waals surface area contributed by atoms with E-state index in [1.165, 1.54) is 35.9 Å². The summed E-state index contributed by atoms with van der Waals surface area (Å²) in [6.07, 6.45) is 1.27. The Kier molecular flexibility index (Phi) is 18.3. The van der Waals surface area contributed by atoms with Gasteiger partial charge in [0, 0.05) is 81.7 Å². The number of phenolic OH excluding ortho intramolecular Hbond substituents is 9. The van der Waals surface area contributed by atoms with Crippen LogP contribution < -0.4 is 9.47 Å². The van der Waals surface area contributed by atoms with Crippen molar-refractivity contribution in [1.29, 1.82) is 0 Å². The van der Waals surface area contributed by atoms with Crippen molar-refractivity contribution in [2.24, 2.45) is 0 Å². The van der Waals surface area contributed by atoms with Crippen LogP contribution in [0.25, 0.3) is 0 Å². The molecule has 3 heterocycles. The van der Waals surface area contributed by atoms with Crippen LogP contribution in [-0.2, 0) is 25.9 Å². The molecule has 9 rings (SSSR count). The highest BCUT2D eigenvalue weighted by molar-refractivity contribution is 5.46. The van der Waals surface area contributed by atoms with Crippen molar-refractivity contribution < 1.29 is 55.4 Å². The molecule has 380 valence electrons. The number of benzene rings is 6. The first-order chi connectivity index (χ1) is 34.5. The number of ether oxygens (including phenoxy) is 2. The Balaban J connectivity index is 0.000000177. The van der Waals surface area contributed by atoms with Gasteiger partial charge in [0.05, 0.1) is 0 Å². The molecule has 0 aliphatic carbocycles. The van der Waals surface area contributed by atoms with E-state index in [-0.39, 0.29) is 53.6 Å². The topological polar surface area (TPSA) is 233 Å². The minimum atomic E-state index is -0.278. The van der Waals surface area contributed by atoms with Crippen molar-refractivity contribution in [2.75, 3.05) is 26.2 Å². The normalized spacial score (nSPS) is 12.3. The maximum absolute atomic E-state index is 9.61. The third-order valence-corrected chi connectivity index (χ3v) is 11.8. The summed E-state index contributed by atoms with van der Waals surface area (Å²) >= 11 is 0. The molecule has 0 atom stereocenters. The Bertz CT molecular complexity index is 2780. The lowest BCUT2D eigenvalue weighted by Gasteiger charge is -2.34. The van der Waals surface area contributed by atoms with Gasteiger partial charge in [0.15, 0.2) is 34.5 Å². The first kappa shape index (κ1) is 53.7. The quantitative estimate of drug-likeness (QED) is 0.0518. The van der Waals surface area contributed by atoms with Gasteiger partial charge in [-0.1, -0.05) is 56.0 Å². The van der Waals surface area contributed by atoms with Crippen molar-refractivity contribution in [1.82, 2.24) is 19.8 Å². The van der Waals surface area contributed by atoms with Gasteiger partial charge in [0.2, 0.25) is 11.8 Å². The van der Waals surface area contributed by atoms with Gasteiger partial charge in [-0.3, -0.25) is 14.8 Å². The van der Waals surface area contributed by atoms with Gasteiger partial charge in [-0.05, 0) is 139 Å². The number of pyridine rings is 2. The molecule has 0 radical (unpaired) electrons. The lowest BCUT2D eigenvalue weighted by Crippen LogP contribution is -2.45. The Morgan fingerprint density at radius 3 is 1.19 bits per heavy atom. The standard InChI is InChI=1S/C20H19NO3.C19H24N2O3.C18H15NO5.CH4/c1-13-9-14(5-7-18(13)22)10-16-3-2-4-17(21-16)11-15-6-8-19(23)20(24)12-15;1-14-10-15(2-4-17(14)22)12-20-6-8-21(9-7-20)13-16-3-5-18(23)19(24)11-16;1-11-9-12(5-7-14(11)20)23-17-3-2-4-18(19-17)24-13-6-8-15(21)16(22)10-13;/h2-9,12,22-24H,10-11H2,1H3;2-5,10-11,22-24H,6-9,12-13H2,1H3;2-10,20-22H,1H3;1H4. The van der Waals surface area contributed by atoms with E-state index in [1.807, 2.05) is 62.4 Å². The van der Waals surface area contributed by atoms with Gasteiger partial charge < -0.3 is 55.4 Å². The van der Waals surface area contributed by atoms with Crippen molar-refractivity contribution in [3.8, 4) is 75.0 Å². The molecular weight excluding hydrogens is 929 g/mol. The van der Waals surface area contributed by atoms with Crippen LogP contribution in [0.3, 0.4) is 0 Å². The van der Waals surface area contributed by atoms with Crippen molar-refractivity contribution in [3.05, 3.63) is 196 Å². The van der Waals surface area contributed by atoms with Gasteiger partial charge >= 0.3 is 0 Å². The lowest BCUT2D eigenvalue weighted by atomic mass is 10.0. The number of nitrogens with zero attached hydrogens (tertiary/aromatic N) is 4. The summed E-state index contributed by atoms with van der Waals surface area (Å²) in [5, 5.41) is 85.4. The highest BCUT2D eigenvalue weighted by Gasteiger charge is 2.18. The van der Waals surface area contributed by atoms with Gasteiger partial charge in [-0.2, -0.15) is 4.98 Å². The zero-order valence-electron chi connectivity index (χ0n) is 40.1. The second-order valence-electron chi connectivity index (χ2n) is 17.5. The number of phenols is 9. The van der Waals surface area contributed by atoms with Crippen LogP contribution in [0.2, 0.25) is 0 Å². The number of aromatic hydroxyl groups is 9. The van der Waals surface area contributed by atoms with E-state index < -0.39 is 0 Å². The summed E-state index contributed by atoms with van der Waals surface area (Å²) in [5.74, 6) is 1.41. The van der Waals surface area contributed by atoms with Gasteiger partial charge in [-0.25, -0.2) is 0 Å². The summed E-state index contributed by atoms with van der Waals surface area (Å²) < 4.78 is 11.2. The lowest BCUT2D eigenvalue weighted by molar-refractivity contribution is 0.122. The molecule has 1 saturated heterocycles. The highest BCUT2D eigenvalue weighted by atomic mass is 16.5. The van der Waals surface area contributed by atoms with E-state index in [1.54, 1.807) is 73.7 Å². The van der Waals surface area contributed by atoms with Gasteiger partial charge in [-0.15, -0.1) is 0 Å². The molecule has 0 bridgehead atoms. The number of hydrogen-bond acceptors (Lipinski definition) is 15. The fraction of sp³-hybridized carbons (Fsp3) is 0.207. The Morgan fingerprint density at radius 1 is 0.370 bits per heavy atom. The zero-order valence-corrected chi connectivity index (χ0v) is 40.1. The van der Waals surface area contributed by atoms with Crippen LogP contribution in [-0.4, -0.2) is 91.9 Å². The van der Waals surface area contributed by atoms with Crippen LogP contribution in [0.4, 0.5) is 0 Å². The molecule has 0 saturated carbocycles. The molecule has 1 fully saturated rings. The van der Waals surface area contributed by atoms with E-state index in [4.69, 9.17) is 9.47 Å². The summed E-state index contributed by atoms with van der Waals surface area (Å²) in [4.78, 5) is 13.6. The molecule has 8 aromatic rings. The van der Waals surface area contributed by atoms with Crippen LogP contribution in [0.15, 0.2) is 146 Å². The molecule has 15 heteroatoms. The molecule has 1 aliphatic rings. The Hall–Kier alpha value is -8.66. The SMILES string of the molecule is C.Cc1cc(CN2CCN(Cc3ccc(O)c(O)c3)CC2)ccc1O.Cc1cc(Cc2cccc(Cc3ccc(O)c(O)c3)n2)ccc1O.Cc1cc(Oc2cccc(Oc3ccc(O)c(O)c3)n2)ccc1O. The van der Waals surface area contributed by atoms with Crippen LogP contribution >= 0.6 is 0 Å². The summed E-state index contributed by atoms with van der Waals surface area (Å²) in [7, 11) is 0. The van der Waals surface area contributed by atoms with E-state index in [9.17, 15) is 46.0 Å². The van der Waals surface area contributed by atoms with Crippen molar-refractivity contribution >= 4 is 0 Å². The third-order valence-electron chi connectivity index (χ3n) is 11.8. The molecule has 1 aliphatic heterocycles. The largest absolute Gasteiger partial charge is 0.508 e. The van der Waals surface area contributed by atoms with Gasteiger partial charge in [0.25, 0.3) is 0 Å². The average Bonchev–Trinajstić information content (AvgIpc) is 3.35. The summed E-state index contributed by atoms with van der Waals surface area (Å²) in [6.45, 7) is 11.2. The van der Waals surface area contributed by atoms with Crippen LogP contribution in [0, 0.1) is 20.8 Å². The molecule has 9 N–H and O–H groups in total. The molecular formula is C58H62N4O11. The summed E-state index contributed by atoms with van der Waals surface area (Å²) in [5.41, 5.74) is 8.51. The second kappa shape index (κ2) is 24.9. The minimum absolute atomic E-state index is 0. The van der Waals surface area contributed by atoms with E-state index in [0.717, 1.165) is 78.5 Å². The predicted octanol–water partition coefficient (Wildman–Crippen LogP) is 10.8. The average molecular weight is 991 g/mol. The number of aromatic nitrogens is 2. The minimum Gasteiger partial charge on any atom is -0.508 e. The molecule has 6 aromatic carbocycles. The molecule has 73 heavy (non-hydrogen) atoms. The monoisotopic (exact) mass is 990 g/mol. The predicted molar refractivity (Wildman–Crippen MR) is 279 cm³/mol. The maximum atomic E-state index is 9.61. The van der Waals surface area contributed by atoms with E-state index in [0.29, 0.717) is 47.3 Å². The van der Waals surface area contributed by atoms with Crippen molar-refractivity contribution in [2.45, 2.75) is 54.1 Å². The molecule has 0 amide bonds. The third kappa shape index (κ3) is 15.7. The molecule has 0 spiro atoms. The molecule has 15 nitrogen and oxygen atoms in total. The number of hydrogen-bond donors (Lipinski definition) is 9. The molecule has 2 aromatic heterocycles. The number of rotatable bonds is 12. The van der Waals surface area contributed by atoms with Gasteiger partial charge in [0.1, 0.15) is 28.7 Å². The Labute approximate surface area is 425 Å². The molecule has 0 unspecified atom stereocenters. The number of piperazine rings is 1. The second-order valence-corrected chi connectivity index (χ2v) is 17.5. The van der Waals surface area contributed by atoms with Crippen LogP contribution in [0.1, 0.15) is 57.8 Å². The number of aryl methyl sites for hydroxylation is 3. The first-order valence-electron chi connectivity index (χ1n) is 23.2. The first-order valence-corrected chi connectivity index (χ1v) is 23.2. The fourth-order valence-corrected chi connectivity index (χ4v) is 7.77. The van der Waals surface area contributed by atoms with E-state index in [2.05, 4.69) is 19.8 Å². The van der Waals surface area contributed by atoms with Crippen molar-refractivity contribution in [3.63, 3.8) is 0 Å². The smallest absolute Gasteiger partial charge is 0.222 e. The highest BCUT2D eigenvalue weighted by Crippen LogP contribution is 2.33. The zero-order chi connectivity index (χ0) is 51.3. The maximum Gasteiger partial charge on any atom is 0.222 e. The fourth-order valence-electron chi connectivity index (χ4n) is 7.77.